The van der Waals surface area contributed by atoms with Gasteiger partial charge in [-0.3, -0.25) is 4.79 Å². The van der Waals surface area contributed by atoms with Crippen molar-refractivity contribution in [3.8, 4) is 11.8 Å². The maximum absolute atomic E-state index is 14.8. The highest BCUT2D eigenvalue weighted by molar-refractivity contribution is 5.95. The standard InChI is InChI=1S/C26H33FN4O3.2C2H6.CH4O/c1-17(2)34-25-10-8-19(14-20(25)15-28)26(33)31-21(6-5-11-32)12-18-7-9-22(23(27)13-18)24(30-4)16-29-3;3*1-2/h7-10,13-14,16-17,21,29-30,32H,5-6,11-12H2,1-4H3,(H,31,33);2*1-2H3;2H,1H3/b24-16-;;;/t21-;;;/m1.../s1. The molecule has 0 aliphatic heterocycles. The van der Waals surface area contributed by atoms with Gasteiger partial charge in [-0.15, -0.1) is 0 Å². The molecule has 0 saturated carbocycles. The third-order valence-electron chi connectivity index (χ3n) is 5.13. The van der Waals surface area contributed by atoms with E-state index in [1.54, 1.807) is 38.5 Å². The third-order valence-corrected chi connectivity index (χ3v) is 5.13. The number of nitrogens with one attached hydrogen (secondary N) is 3. The number of hydrogen-bond acceptors (Lipinski definition) is 7. The molecule has 0 saturated heterocycles. The normalized spacial score (nSPS) is 10.8. The van der Waals surface area contributed by atoms with Gasteiger partial charge in [0.25, 0.3) is 5.91 Å². The zero-order valence-corrected chi connectivity index (χ0v) is 25.6. The Kier molecular flexibility index (Phi) is 22.4. The Labute approximate surface area is 240 Å². The van der Waals surface area contributed by atoms with Crippen molar-refractivity contribution in [3.05, 3.63) is 70.7 Å². The van der Waals surface area contributed by atoms with Crippen molar-refractivity contribution in [2.24, 2.45) is 0 Å². The van der Waals surface area contributed by atoms with Gasteiger partial charge in [-0.2, -0.15) is 5.26 Å². The summed E-state index contributed by atoms with van der Waals surface area (Å²) in [6.07, 6.45) is 2.99. The Balaban J connectivity index is 0. The lowest BCUT2D eigenvalue weighted by molar-refractivity contribution is 0.0932. The second-order valence-electron chi connectivity index (χ2n) is 8.14. The second kappa shape index (κ2) is 23.3. The molecule has 5 N–H and O–H groups in total. The van der Waals surface area contributed by atoms with Gasteiger partial charge in [0.1, 0.15) is 17.6 Å². The number of nitrogens with zero attached hydrogens (tertiary/aromatic N) is 1. The average molecular weight is 561 g/mol. The predicted octanol–water partition coefficient (Wildman–Crippen LogP) is 5.00. The van der Waals surface area contributed by atoms with Crippen LogP contribution in [0.25, 0.3) is 5.70 Å². The highest BCUT2D eigenvalue weighted by Gasteiger charge is 2.18. The Morgan fingerprint density at radius 3 is 2.25 bits per heavy atom. The van der Waals surface area contributed by atoms with E-state index < -0.39 is 0 Å². The van der Waals surface area contributed by atoms with Crippen LogP contribution >= 0.6 is 0 Å². The first-order valence-corrected chi connectivity index (χ1v) is 13.7. The van der Waals surface area contributed by atoms with Gasteiger partial charge in [-0.25, -0.2) is 4.39 Å². The number of nitriles is 1. The first-order chi connectivity index (χ1) is 19.3. The number of carbonyl (C=O) groups is 1. The second-order valence-corrected chi connectivity index (χ2v) is 8.14. The first kappa shape index (κ1) is 38.5. The van der Waals surface area contributed by atoms with Crippen LogP contribution < -0.4 is 20.7 Å². The molecule has 0 radical (unpaired) electrons. The number of ether oxygens (including phenoxy) is 1. The molecule has 1 amide bonds. The van der Waals surface area contributed by atoms with Crippen molar-refractivity contribution in [1.29, 1.82) is 5.26 Å². The van der Waals surface area contributed by atoms with Crippen LogP contribution in [0.15, 0.2) is 42.6 Å². The number of hydrogen-bond donors (Lipinski definition) is 5. The molecule has 0 aliphatic rings. The topological polar surface area (TPSA) is 127 Å². The molecule has 224 valence electrons. The van der Waals surface area contributed by atoms with Crippen molar-refractivity contribution < 1.29 is 24.1 Å². The number of benzene rings is 2. The highest BCUT2D eigenvalue weighted by atomic mass is 19.1. The molecule has 0 heterocycles. The summed E-state index contributed by atoms with van der Waals surface area (Å²) in [6, 6.07) is 11.4. The summed E-state index contributed by atoms with van der Waals surface area (Å²) in [5.74, 6) is -0.295. The molecule has 1 atom stereocenters. The van der Waals surface area contributed by atoms with Crippen molar-refractivity contribution in [1.82, 2.24) is 16.0 Å². The van der Waals surface area contributed by atoms with E-state index in [1.165, 1.54) is 12.1 Å². The lowest BCUT2D eigenvalue weighted by Gasteiger charge is -2.20. The summed E-state index contributed by atoms with van der Waals surface area (Å²) < 4.78 is 20.4. The Hall–Kier alpha value is -3.61. The van der Waals surface area contributed by atoms with Crippen molar-refractivity contribution >= 4 is 11.6 Å². The molecular weight excluding hydrogens is 511 g/mol. The van der Waals surface area contributed by atoms with E-state index in [0.717, 1.165) is 12.7 Å². The van der Waals surface area contributed by atoms with Crippen LogP contribution in [-0.2, 0) is 6.42 Å². The summed E-state index contributed by atoms with van der Waals surface area (Å²) in [5, 5.41) is 34.5. The van der Waals surface area contributed by atoms with Gasteiger partial charge in [0.2, 0.25) is 0 Å². The van der Waals surface area contributed by atoms with Gasteiger partial charge >= 0.3 is 0 Å². The maximum Gasteiger partial charge on any atom is 0.251 e. The SMILES string of the molecule is CC.CC.CN/C=C(\NC)c1ccc(C[C@@H](CCCO)NC(=O)c2ccc(OC(C)C)c(C#N)c2)cc1F.CO. The van der Waals surface area contributed by atoms with Crippen LogP contribution in [0.2, 0.25) is 0 Å². The van der Waals surface area contributed by atoms with E-state index in [2.05, 4.69) is 22.0 Å². The zero-order valence-electron chi connectivity index (χ0n) is 25.6. The van der Waals surface area contributed by atoms with Crippen LogP contribution in [-0.4, -0.2) is 56.1 Å². The first-order valence-electron chi connectivity index (χ1n) is 13.7. The highest BCUT2D eigenvalue weighted by Crippen LogP contribution is 2.22. The smallest absolute Gasteiger partial charge is 0.251 e. The number of aliphatic hydroxyl groups excluding tert-OH is 2. The summed E-state index contributed by atoms with van der Waals surface area (Å²) in [6.45, 7) is 11.7. The monoisotopic (exact) mass is 560 g/mol. The molecule has 2 aromatic carbocycles. The minimum absolute atomic E-state index is 0.0141. The average Bonchev–Trinajstić information content (AvgIpc) is 2.98. The molecule has 0 aromatic heterocycles. The Morgan fingerprint density at radius 2 is 1.75 bits per heavy atom. The van der Waals surface area contributed by atoms with Crippen LogP contribution in [0.1, 0.15) is 81.4 Å². The molecule has 0 spiro atoms. The van der Waals surface area contributed by atoms with Crippen LogP contribution in [0, 0.1) is 17.1 Å². The summed E-state index contributed by atoms with van der Waals surface area (Å²) in [7, 11) is 4.46. The third kappa shape index (κ3) is 13.5. The van der Waals surface area contributed by atoms with Crippen LogP contribution in [0.3, 0.4) is 0 Å². The van der Waals surface area contributed by atoms with Crippen LogP contribution in [0.4, 0.5) is 4.39 Å². The molecule has 2 rings (SSSR count). The summed E-state index contributed by atoms with van der Waals surface area (Å²) >= 11 is 0. The predicted molar refractivity (Wildman–Crippen MR) is 162 cm³/mol. The lowest BCUT2D eigenvalue weighted by atomic mass is 9.99. The number of aliphatic hydroxyl groups is 2. The molecule has 0 aliphatic carbocycles. The molecule has 0 bridgehead atoms. The number of rotatable bonds is 12. The van der Waals surface area contributed by atoms with Gasteiger partial charge in [-0.1, -0.05) is 33.8 Å². The van der Waals surface area contributed by atoms with Crippen molar-refractivity contribution in [2.75, 3.05) is 27.8 Å². The van der Waals surface area contributed by atoms with E-state index in [4.69, 9.17) is 9.84 Å². The van der Waals surface area contributed by atoms with Gasteiger partial charge in [0.15, 0.2) is 0 Å². The fourth-order valence-corrected chi connectivity index (χ4v) is 3.56. The Bertz CT molecular complexity index is 1050. The summed E-state index contributed by atoms with van der Waals surface area (Å²) in [5.41, 5.74) is 2.39. The molecule has 0 fully saturated rings. The molecule has 40 heavy (non-hydrogen) atoms. The molecule has 2 aromatic rings. The van der Waals surface area contributed by atoms with Crippen molar-refractivity contribution in [3.63, 3.8) is 0 Å². The number of carbonyl (C=O) groups excluding carboxylic acids is 1. The molecule has 8 nitrogen and oxygen atoms in total. The lowest BCUT2D eigenvalue weighted by Crippen LogP contribution is -2.36. The maximum atomic E-state index is 14.8. The number of amides is 1. The quantitative estimate of drug-likeness (QED) is 0.247. The van der Waals surface area contributed by atoms with E-state index >= 15 is 0 Å². The molecule has 9 heteroatoms. The minimum atomic E-state index is -0.375. The van der Waals surface area contributed by atoms with Gasteiger partial charge in [0.05, 0.1) is 17.4 Å². The fraction of sp³-hybridized carbons (Fsp3) is 0.484. The largest absolute Gasteiger partial charge is 0.490 e. The fourth-order valence-electron chi connectivity index (χ4n) is 3.56. The van der Waals surface area contributed by atoms with E-state index in [-0.39, 0.29) is 36.0 Å². The minimum Gasteiger partial charge on any atom is -0.490 e. The summed E-state index contributed by atoms with van der Waals surface area (Å²) in [4.78, 5) is 12.9. The number of halogens is 1. The van der Waals surface area contributed by atoms with Crippen molar-refractivity contribution in [2.45, 2.75) is 73.0 Å². The van der Waals surface area contributed by atoms with Gasteiger partial charge < -0.3 is 30.9 Å². The molecular formula is C31H49FN4O4. The zero-order chi connectivity index (χ0) is 31.1. The molecule has 0 unspecified atom stereocenters. The van der Waals surface area contributed by atoms with Gasteiger partial charge in [-0.05, 0) is 69.0 Å². The van der Waals surface area contributed by atoms with Gasteiger partial charge in [0, 0.05) is 51.2 Å². The van der Waals surface area contributed by atoms with E-state index in [1.807, 2.05) is 47.6 Å². The van der Waals surface area contributed by atoms with Crippen LogP contribution in [0.5, 0.6) is 5.75 Å². The van der Waals surface area contributed by atoms with E-state index in [0.29, 0.717) is 41.8 Å². The Morgan fingerprint density at radius 1 is 1.10 bits per heavy atom. The van der Waals surface area contributed by atoms with E-state index in [9.17, 15) is 19.6 Å².